The number of rotatable bonds is 13. The molecule has 0 saturated carbocycles. The van der Waals surface area contributed by atoms with Crippen LogP contribution in [0.1, 0.15) is 0 Å². The van der Waals surface area contributed by atoms with Gasteiger partial charge in [0.1, 0.15) is 44.7 Å². The molecule has 0 amide bonds. The molecule has 28 aromatic rings. The second kappa shape index (κ2) is 34.7. The summed E-state index contributed by atoms with van der Waals surface area (Å²) < 4.78 is 24.6. The van der Waals surface area contributed by atoms with Gasteiger partial charge in [-0.25, -0.2) is 44.9 Å². The van der Waals surface area contributed by atoms with Gasteiger partial charge >= 0.3 is 0 Å². The van der Waals surface area contributed by atoms with E-state index in [-0.39, 0.29) is 0 Å². The summed E-state index contributed by atoms with van der Waals surface area (Å²) in [5.41, 5.74) is 24.1. The summed E-state index contributed by atoms with van der Waals surface area (Å²) in [6.45, 7) is 0. The Morgan fingerprint density at radius 1 is 0.100 bits per heavy atom. The fourth-order valence-corrected chi connectivity index (χ4v) is 19.1. The monoisotopic (exact) mass is 1790 g/mol. The predicted octanol–water partition coefficient (Wildman–Crippen LogP) is 33.5. The number of hydrogen-bond donors (Lipinski definition) is 0. The van der Waals surface area contributed by atoms with E-state index >= 15 is 0 Å². The van der Waals surface area contributed by atoms with E-state index in [4.69, 9.17) is 62.5 Å². The summed E-state index contributed by atoms with van der Waals surface area (Å²) in [6.07, 6.45) is 0. The Kier molecular flexibility index (Phi) is 20.3. The topological polar surface area (TPSA) is 169 Å². The Hall–Kier alpha value is -19.1. The minimum absolute atomic E-state index is 0.577. The van der Waals surface area contributed by atoms with Crippen LogP contribution in [0.15, 0.2) is 485 Å². The molecule has 13 nitrogen and oxygen atoms in total. The molecule has 0 spiro atoms. The second-order valence-electron chi connectivity index (χ2n) is 35.1. The van der Waals surface area contributed by atoms with Gasteiger partial charge in [0.05, 0.1) is 0 Å². The first-order valence-corrected chi connectivity index (χ1v) is 46.6. The van der Waals surface area contributed by atoms with Crippen molar-refractivity contribution in [1.29, 1.82) is 0 Å². The maximum atomic E-state index is 6.24. The van der Waals surface area contributed by atoms with Crippen LogP contribution in [-0.4, -0.2) is 44.9 Å². The molecule has 0 saturated heterocycles. The number of para-hydroxylation sites is 4. The van der Waals surface area contributed by atoms with Crippen molar-refractivity contribution >= 4 is 131 Å². The Bertz CT molecular complexity index is 9570. The van der Waals surface area contributed by atoms with Crippen molar-refractivity contribution in [1.82, 2.24) is 44.9 Å². The van der Waals surface area contributed by atoms with Crippen molar-refractivity contribution in [2.24, 2.45) is 0 Å². The van der Waals surface area contributed by atoms with E-state index in [1.807, 2.05) is 140 Å². The fourth-order valence-electron chi connectivity index (χ4n) is 19.1. The van der Waals surface area contributed by atoms with Gasteiger partial charge in [0.2, 0.25) is 0 Å². The first-order valence-electron chi connectivity index (χ1n) is 46.6. The zero-order valence-electron chi connectivity index (χ0n) is 75.1. The highest BCUT2D eigenvalue weighted by Gasteiger charge is 2.22. The zero-order valence-corrected chi connectivity index (χ0v) is 75.1. The molecule has 0 unspecified atom stereocenters. The molecule has 0 fully saturated rings. The highest BCUT2D eigenvalue weighted by atomic mass is 16.3. The van der Waals surface area contributed by atoms with Crippen molar-refractivity contribution in [3.8, 4) is 147 Å². The summed E-state index contributed by atoms with van der Waals surface area (Å²) in [7, 11) is 0. The van der Waals surface area contributed by atoms with Gasteiger partial charge in [0.25, 0.3) is 0 Å². The molecule has 13 heteroatoms. The van der Waals surface area contributed by atoms with E-state index in [2.05, 4.69) is 328 Å². The first-order chi connectivity index (χ1) is 69.2. The Balaban J connectivity index is 0.000000109. The standard InChI is InChI=1S/C47H29N3O.C43H25N3O2.C37H23N3O/c1-3-9-36-27-38(23-17-30(36)7-1)32-13-19-34(20-14-32)45-48-46(35-21-15-33(16-22-35)39-24-18-31-8-2-4-10-37(31)28-39)50-47(49-45)40-25-26-42-41-11-5-6-12-43(41)51-44(42)29-40;1-2-8-29-23-30(18-15-26(29)7-1)27-13-16-28(17-14-27)41-44-42(31-20-22-39-36(24-31)34-10-4-6-12-38(34)47-39)46-43(45-41)32-19-21-35-33-9-3-5-11-37(33)48-40(35)25-32;1-2-9-26(10-3-1)35-38-36(27-17-14-25(15-18-27)29-19-16-24-8-4-5-11-28(24)22-29)40-37(39-35)30-20-21-34-32(23-30)31-12-6-7-13-33(31)41-34/h1-29H;1-25H;1-23H. The van der Waals surface area contributed by atoms with Crippen LogP contribution in [0.25, 0.3) is 278 Å². The maximum Gasteiger partial charge on any atom is 0.164 e. The summed E-state index contributed by atoms with van der Waals surface area (Å²) in [4.78, 5) is 45.0. The molecule has 0 bridgehead atoms. The predicted molar refractivity (Wildman–Crippen MR) is 569 cm³/mol. The minimum atomic E-state index is 0.577. The third-order valence-electron chi connectivity index (χ3n) is 26.4. The van der Waals surface area contributed by atoms with Crippen molar-refractivity contribution in [2.45, 2.75) is 0 Å². The quantitative estimate of drug-likeness (QED) is 0.107. The van der Waals surface area contributed by atoms with Crippen LogP contribution in [0.4, 0.5) is 0 Å². The van der Waals surface area contributed by atoms with Gasteiger partial charge in [0.15, 0.2) is 52.4 Å². The lowest BCUT2D eigenvalue weighted by atomic mass is 10.00. The van der Waals surface area contributed by atoms with Gasteiger partial charge in [0, 0.05) is 93.2 Å². The number of fused-ring (bicyclic) bond motifs is 16. The number of aromatic nitrogens is 9. The van der Waals surface area contributed by atoms with Crippen molar-refractivity contribution in [3.05, 3.63) is 467 Å². The molecule has 0 aliphatic carbocycles. The highest BCUT2D eigenvalue weighted by molar-refractivity contribution is 6.10. The molecule has 0 N–H and O–H groups in total. The third-order valence-corrected chi connectivity index (χ3v) is 26.4. The first kappa shape index (κ1) is 81.6. The zero-order chi connectivity index (χ0) is 92.5. The largest absolute Gasteiger partial charge is 0.456 e. The van der Waals surface area contributed by atoms with Crippen LogP contribution in [0, 0.1) is 0 Å². The molecule has 28 rings (SSSR count). The fraction of sp³-hybridized carbons (Fsp3) is 0. The molecule has 654 valence electrons. The van der Waals surface area contributed by atoms with E-state index in [9.17, 15) is 0 Å². The van der Waals surface area contributed by atoms with Gasteiger partial charge in [-0.2, -0.15) is 0 Å². The van der Waals surface area contributed by atoms with Gasteiger partial charge in [-0.15, -0.1) is 0 Å². The summed E-state index contributed by atoms with van der Waals surface area (Å²) in [6, 6.07) is 161. The average Bonchev–Trinajstić information content (AvgIpc) is 1.52. The van der Waals surface area contributed by atoms with Gasteiger partial charge in [-0.1, -0.05) is 358 Å². The normalized spacial score (nSPS) is 11.6. The molecule has 7 heterocycles. The molecule has 0 aliphatic heterocycles. The molecule has 0 aliphatic rings. The molecule has 0 radical (unpaired) electrons. The molecular formula is C127H77N9O4. The minimum Gasteiger partial charge on any atom is -0.456 e. The van der Waals surface area contributed by atoms with E-state index in [0.717, 1.165) is 166 Å². The number of furan rings is 4. The van der Waals surface area contributed by atoms with Crippen LogP contribution in [0.2, 0.25) is 0 Å². The van der Waals surface area contributed by atoms with Crippen LogP contribution in [0.5, 0.6) is 0 Å². The molecule has 21 aromatic carbocycles. The maximum absolute atomic E-state index is 6.24. The van der Waals surface area contributed by atoms with Crippen molar-refractivity contribution in [3.63, 3.8) is 0 Å². The summed E-state index contributed by atoms with van der Waals surface area (Å²) in [5, 5.41) is 18.3. The molecular weight excluding hydrogens is 1720 g/mol. The van der Waals surface area contributed by atoms with Crippen LogP contribution in [0.3, 0.4) is 0 Å². The van der Waals surface area contributed by atoms with E-state index < -0.39 is 0 Å². The number of nitrogens with zero attached hydrogens (tertiary/aromatic N) is 9. The van der Waals surface area contributed by atoms with Gasteiger partial charge < -0.3 is 17.7 Å². The summed E-state index contributed by atoms with van der Waals surface area (Å²) in [5.74, 6) is 5.49. The van der Waals surface area contributed by atoms with Crippen LogP contribution in [-0.2, 0) is 0 Å². The molecule has 0 atom stereocenters. The van der Waals surface area contributed by atoms with Crippen molar-refractivity contribution in [2.75, 3.05) is 0 Å². The number of benzene rings is 21. The lowest BCUT2D eigenvalue weighted by Gasteiger charge is -2.10. The Labute approximate surface area is 802 Å². The van der Waals surface area contributed by atoms with Crippen LogP contribution >= 0.6 is 0 Å². The lowest BCUT2D eigenvalue weighted by molar-refractivity contribution is 0.668. The van der Waals surface area contributed by atoms with E-state index in [0.29, 0.717) is 52.4 Å². The Morgan fingerprint density at radius 2 is 0.286 bits per heavy atom. The third kappa shape index (κ3) is 15.7. The summed E-state index contributed by atoms with van der Waals surface area (Å²) >= 11 is 0. The van der Waals surface area contributed by atoms with Crippen LogP contribution < -0.4 is 0 Å². The van der Waals surface area contributed by atoms with Gasteiger partial charge in [-0.05, 0) is 197 Å². The number of hydrogen-bond acceptors (Lipinski definition) is 13. The van der Waals surface area contributed by atoms with E-state index in [1.165, 1.54) is 59.8 Å². The Morgan fingerprint density at radius 3 is 0.579 bits per heavy atom. The smallest absolute Gasteiger partial charge is 0.164 e. The average molecular weight is 1790 g/mol. The molecule has 140 heavy (non-hydrogen) atoms. The molecule has 7 aromatic heterocycles. The van der Waals surface area contributed by atoms with Crippen molar-refractivity contribution < 1.29 is 17.7 Å². The van der Waals surface area contributed by atoms with Gasteiger partial charge in [-0.3, -0.25) is 0 Å². The van der Waals surface area contributed by atoms with E-state index in [1.54, 1.807) is 0 Å². The lowest BCUT2D eigenvalue weighted by Crippen LogP contribution is -2.00. The second-order valence-corrected chi connectivity index (χ2v) is 35.1. The highest BCUT2D eigenvalue weighted by Crippen LogP contribution is 2.42. The SMILES string of the molecule is c1ccc(-c2nc(-c3ccc(-c4ccc5ccccc5c4)cc3)nc(-c3ccc4oc5ccccc5c4c3)n2)cc1.c1ccc2cc(-c3ccc(-c4nc(-c5ccc(-c6ccc7ccccc7c6)cc5)nc(-c5ccc6c(c5)oc5ccccc56)n4)cc3)ccc2c1.c1ccc2cc(-c3ccc(-c4nc(-c5ccc6c(c5)oc5ccccc56)nc(-c5ccc6oc7ccccc7c6c5)n4)cc3)ccc2c1.